The average Bonchev–Trinajstić information content (AvgIpc) is 3.21. The molecule has 3 heterocycles. The monoisotopic (exact) mass is 383 g/mol. The summed E-state index contributed by atoms with van der Waals surface area (Å²) in [4.78, 5) is 13.6. The average molecular weight is 384 g/mol. The quantitative estimate of drug-likeness (QED) is 0.681. The maximum atomic E-state index is 9.58. The summed E-state index contributed by atoms with van der Waals surface area (Å²) < 4.78 is 0. The van der Waals surface area contributed by atoms with Crippen molar-refractivity contribution >= 4 is 39.5 Å². The van der Waals surface area contributed by atoms with Crippen LogP contribution < -0.4 is 4.90 Å². The van der Waals surface area contributed by atoms with Crippen molar-refractivity contribution in [2.24, 2.45) is 0 Å². The Morgan fingerprint density at radius 3 is 2.73 bits per heavy atom. The van der Waals surface area contributed by atoms with Crippen molar-refractivity contribution in [1.82, 2.24) is 14.9 Å². The lowest BCUT2D eigenvalue weighted by Crippen LogP contribution is -2.47. The van der Waals surface area contributed by atoms with Gasteiger partial charge in [0.15, 0.2) is 0 Å². The molecule has 1 aromatic carbocycles. The summed E-state index contributed by atoms with van der Waals surface area (Å²) >= 11 is 7.90. The van der Waals surface area contributed by atoms with Crippen LogP contribution in [0.25, 0.3) is 10.9 Å². The molecule has 1 atom stereocenters. The highest BCUT2D eigenvalue weighted by atomic mass is 35.5. The Bertz CT molecular complexity index is 958. The van der Waals surface area contributed by atoms with Crippen LogP contribution in [0, 0.1) is 11.3 Å². The van der Waals surface area contributed by atoms with E-state index in [9.17, 15) is 5.26 Å². The summed E-state index contributed by atoms with van der Waals surface area (Å²) in [6, 6.07) is 8.25. The Morgan fingerprint density at radius 1 is 1.23 bits per heavy atom. The first-order valence-electron chi connectivity index (χ1n) is 8.54. The van der Waals surface area contributed by atoms with Crippen molar-refractivity contribution in [3.63, 3.8) is 0 Å². The zero-order valence-electron chi connectivity index (χ0n) is 14.4. The summed E-state index contributed by atoms with van der Waals surface area (Å²) in [5, 5.41) is 14.3. The molecule has 132 valence electrons. The summed E-state index contributed by atoms with van der Waals surface area (Å²) in [7, 11) is 0. The molecule has 0 bridgehead atoms. The lowest BCUT2D eigenvalue weighted by molar-refractivity contribution is 0.198. The third kappa shape index (κ3) is 3.14. The van der Waals surface area contributed by atoms with Crippen molar-refractivity contribution in [2.45, 2.75) is 13.0 Å². The Kier molecular flexibility index (Phi) is 4.77. The van der Waals surface area contributed by atoms with Gasteiger partial charge in [0.05, 0.1) is 22.8 Å². The van der Waals surface area contributed by atoms with Crippen molar-refractivity contribution in [1.29, 1.82) is 5.26 Å². The van der Waals surface area contributed by atoms with Crippen LogP contribution in [0.1, 0.15) is 23.5 Å². The molecule has 2 aromatic heterocycles. The Morgan fingerprint density at radius 2 is 2.04 bits per heavy atom. The first-order chi connectivity index (χ1) is 12.7. The minimum atomic E-state index is 0.316. The molecule has 1 saturated heterocycles. The van der Waals surface area contributed by atoms with Gasteiger partial charge in [0.2, 0.25) is 0 Å². The molecular formula is C19H18ClN5S. The van der Waals surface area contributed by atoms with Crippen LogP contribution in [0.2, 0.25) is 5.02 Å². The molecule has 5 nitrogen and oxygen atoms in total. The number of anilines is 1. The molecule has 1 fully saturated rings. The predicted octanol–water partition coefficient (Wildman–Crippen LogP) is 4.10. The van der Waals surface area contributed by atoms with Gasteiger partial charge < -0.3 is 4.90 Å². The molecule has 3 aromatic rings. The standard InChI is InChI=1S/C19H18ClN5S/c1-13(19-22-4-9-26-19)24-5-7-25(8-6-24)18-14(11-21)12-23-17-3-2-15(20)10-16(17)18/h2-4,9-10,12-13H,5-8H2,1H3. The smallest absolute Gasteiger partial charge is 0.109 e. The molecule has 0 aliphatic carbocycles. The number of halogens is 1. The van der Waals surface area contributed by atoms with E-state index in [0.717, 1.165) is 47.8 Å². The third-order valence-electron chi connectivity index (χ3n) is 4.91. The number of nitrogens with zero attached hydrogens (tertiary/aromatic N) is 5. The van der Waals surface area contributed by atoms with Gasteiger partial charge >= 0.3 is 0 Å². The van der Waals surface area contributed by atoms with E-state index in [-0.39, 0.29) is 0 Å². The van der Waals surface area contributed by atoms with Gasteiger partial charge in [-0.1, -0.05) is 11.6 Å². The van der Waals surface area contributed by atoms with E-state index in [1.54, 1.807) is 17.5 Å². The predicted molar refractivity (Wildman–Crippen MR) is 106 cm³/mol. The second-order valence-electron chi connectivity index (χ2n) is 6.36. The van der Waals surface area contributed by atoms with Crippen LogP contribution in [0.15, 0.2) is 36.0 Å². The van der Waals surface area contributed by atoms with E-state index in [2.05, 4.69) is 32.8 Å². The number of aromatic nitrogens is 2. The molecule has 1 aliphatic rings. The van der Waals surface area contributed by atoms with E-state index >= 15 is 0 Å². The van der Waals surface area contributed by atoms with Gasteiger partial charge in [-0.3, -0.25) is 9.88 Å². The third-order valence-corrected chi connectivity index (χ3v) is 6.09. The van der Waals surface area contributed by atoms with Crippen molar-refractivity contribution < 1.29 is 0 Å². The minimum absolute atomic E-state index is 0.316. The Hall–Kier alpha value is -2.20. The number of pyridine rings is 1. The number of hydrogen-bond acceptors (Lipinski definition) is 6. The number of fused-ring (bicyclic) bond motifs is 1. The van der Waals surface area contributed by atoms with E-state index in [0.29, 0.717) is 16.6 Å². The molecule has 0 N–H and O–H groups in total. The second kappa shape index (κ2) is 7.20. The number of rotatable bonds is 3. The number of hydrogen-bond donors (Lipinski definition) is 0. The minimum Gasteiger partial charge on any atom is -0.367 e. The highest BCUT2D eigenvalue weighted by Gasteiger charge is 2.25. The molecule has 1 aliphatic heterocycles. The molecular weight excluding hydrogens is 366 g/mol. The molecule has 0 saturated carbocycles. The number of thiazole rings is 1. The molecule has 4 rings (SSSR count). The normalized spacial score (nSPS) is 16.6. The van der Waals surface area contributed by atoms with Crippen LogP contribution in [0.5, 0.6) is 0 Å². The van der Waals surface area contributed by atoms with Gasteiger partial charge in [0.25, 0.3) is 0 Å². The SMILES string of the molecule is CC(c1nccs1)N1CCN(c2c(C#N)cnc3ccc(Cl)cc23)CC1. The molecule has 0 amide bonds. The topological polar surface area (TPSA) is 56.1 Å². The highest BCUT2D eigenvalue weighted by molar-refractivity contribution is 7.09. The van der Waals surface area contributed by atoms with Crippen molar-refractivity contribution in [3.8, 4) is 6.07 Å². The summed E-state index contributed by atoms with van der Waals surface area (Å²) in [5.74, 6) is 0. The van der Waals surface area contributed by atoms with Gasteiger partial charge in [-0.25, -0.2) is 4.98 Å². The van der Waals surface area contributed by atoms with Crippen LogP contribution in [0.3, 0.4) is 0 Å². The molecule has 0 radical (unpaired) electrons. The molecule has 0 spiro atoms. The van der Waals surface area contributed by atoms with E-state index in [1.807, 2.05) is 29.8 Å². The van der Waals surface area contributed by atoms with E-state index in [4.69, 9.17) is 11.6 Å². The number of nitriles is 1. The fourth-order valence-corrected chi connectivity index (χ4v) is 4.40. The molecule has 1 unspecified atom stereocenters. The van der Waals surface area contributed by atoms with Gasteiger partial charge in [0.1, 0.15) is 11.1 Å². The largest absolute Gasteiger partial charge is 0.367 e. The second-order valence-corrected chi connectivity index (χ2v) is 7.73. The lowest BCUT2D eigenvalue weighted by atomic mass is 10.1. The zero-order valence-corrected chi connectivity index (χ0v) is 16.0. The number of benzene rings is 1. The van der Waals surface area contributed by atoms with E-state index < -0.39 is 0 Å². The zero-order chi connectivity index (χ0) is 18.1. The van der Waals surface area contributed by atoms with Gasteiger partial charge in [-0.05, 0) is 25.1 Å². The summed E-state index contributed by atoms with van der Waals surface area (Å²) in [6.45, 7) is 5.77. The highest BCUT2D eigenvalue weighted by Crippen LogP contribution is 2.33. The fraction of sp³-hybridized carbons (Fsp3) is 0.316. The fourth-order valence-electron chi connectivity index (χ4n) is 3.50. The van der Waals surface area contributed by atoms with Gasteiger partial charge in [-0.2, -0.15) is 5.26 Å². The first-order valence-corrected chi connectivity index (χ1v) is 9.80. The first kappa shape index (κ1) is 17.2. The summed E-state index contributed by atoms with van der Waals surface area (Å²) in [6.07, 6.45) is 3.52. The van der Waals surface area contributed by atoms with Crippen LogP contribution >= 0.6 is 22.9 Å². The van der Waals surface area contributed by atoms with E-state index in [1.165, 1.54) is 0 Å². The number of piperazine rings is 1. The van der Waals surface area contributed by atoms with Crippen molar-refractivity contribution in [2.75, 3.05) is 31.1 Å². The molecule has 26 heavy (non-hydrogen) atoms. The maximum Gasteiger partial charge on any atom is 0.109 e. The van der Waals surface area contributed by atoms with Crippen LogP contribution in [-0.4, -0.2) is 41.0 Å². The van der Waals surface area contributed by atoms with Gasteiger partial charge in [0, 0.05) is 54.4 Å². The van der Waals surface area contributed by atoms with Crippen molar-refractivity contribution in [3.05, 3.63) is 51.6 Å². The summed E-state index contributed by atoms with van der Waals surface area (Å²) in [5.41, 5.74) is 2.41. The Balaban J connectivity index is 1.61. The lowest BCUT2D eigenvalue weighted by Gasteiger charge is -2.39. The molecule has 7 heteroatoms. The maximum absolute atomic E-state index is 9.58. The Labute approximate surface area is 161 Å². The van der Waals surface area contributed by atoms with Gasteiger partial charge in [-0.15, -0.1) is 11.3 Å². The van der Waals surface area contributed by atoms with Crippen LogP contribution in [-0.2, 0) is 0 Å². The van der Waals surface area contributed by atoms with Crippen LogP contribution in [0.4, 0.5) is 5.69 Å².